The number of carbonyl (C=O) groups is 2. The number of aryl methyl sites for hydroxylation is 1. The number of hydrogen-bond acceptors (Lipinski definition) is 5. The fourth-order valence-corrected chi connectivity index (χ4v) is 3.59. The van der Waals surface area contributed by atoms with Crippen molar-refractivity contribution in [3.8, 4) is 11.6 Å². The zero-order valence-corrected chi connectivity index (χ0v) is 18.1. The van der Waals surface area contributed by atoms with Gasteiger partial charge < -0.3 is 20.3 Å². The largest absolute Gasteiger partial charge is 0.416 e. The molecule has 8 nitrogen and oxygen atoms in total. The Morgan fingerprint density at radius 3 is 2.57 bits per heavy atom. The summed E-state index contributed by atoms with van der Waals surface area (Å²) in [7, 11) is 0. The third kappa shape index (κ3) is 4.64. The van der Waals surface area contributed by atoms with E-state index < -0.39 is 12.1 Å². The molecule has 2 aromatic rings. The summed E-state index contributed by atoms with van der Waals surface area (Å²) in [4.78, 5) is 29.1. The molecule has 0 saturated carbocycles. The van der Waals surface area contributed by atoms with Gasteiger partial charge in [-0.1, -0.05) is 39.0 Å². The standard InChI is InChI=1S/C22H31N5O3/c1-5-17-14-25(21(28)20(23)15(2)3)11-12-26(17)22(29)30-19-13-16(4)24-27(19)18-9-7-6-8-10-18/h6-10,13,15,17,20H,5,11-12,14,23H2,1-4H3/t17-,20+/m1/s1. The highest BCUT2D eigenvalue weighted by Gasteiger charge is 2.35. The molecule has 0 radical (unpaired) electrons. The highest BCUT2D eigenvalue weighted by molar-refractivity contribution is 5.82. The number of nitrogens with two attached hydrogens (primary N) is 1. The maximum atomic E-state index is 13.0. The fraction of sp³-hybridized carbons (Fsp3) is 0.500. The average molecular weight is 414 g/mol. The number of hydrogen-bond donors (Lipinski definition) is 1. The molecule has 2 N–H and O–H groups in total. The van der Waals surface area contributed by atoms with Gasteiger partial charge in [-0.05, 0) is 31.4 Å². The molecule has 2 heterocycles. The lowest BCUT2D eigenvalue weighted by Gasteiger charge is -2.41. The van der Waals surface area contributed by atoms with E-state index in [1.165, 1.54) is 0 Å². The molecular weight excluding hydrogens is 382 g/mol. The molecule has 30 heavy (non-hydrogen) atoms. The second kappa shape index (κ2) is 9.30. The molecule has 0 unspecified atom stereocenters. The fourth-order valence-electron chi connectivity index (χ4n) is 3.59. The van der Waals surface area contributed by atoms with E-state index in [4.69, 9.17) is 10.5 Å². The zero-order chi connectivity index (χ0) is 21.8. The SMILES string of the molecule is CC[C@@H]1CN(C(=O)[C@@H](N)C(C)C)CCN1C(=O)Oc1cc(C)nn1-c1ccccc1. The van der Waals surface area contributed by atoms with E-state index in [1.807, 2.05) is 58.0 Å². The van der Waals surface area contributed by atoms with E-state index in [0.717, 1.165) is 11.4 Å². The molecule has 2 amide bonds. The number of benzene rings is 1. The van der Waals surface area contributed by atoms with Crippen LogP contribution in [0.4, 0.5) is 4.79 Å². The number of para-hydroxylation sites is 1. The van der Waals surface area contributed by atoms with Crippen molar-refractivity contribution >= 4 is 12.0 Å². The topological polar surface area (TPSA) is 93.7 Å². The first kappa shape index (κ1) is 21.8. The third-order valence-electron chi connectivity index (χ3n) is 5.50. The highest BCUT2D eigenvalue weighted by atomic mass is 16.6. The van der Waals surface area contributed by atoms with Crippen LogP contribution < -0.4 is 10.5 Å². The zero-order valence-electron chi connectivity index (χ0n) is 18.1. The van der Waals surface area contributed by atoms with E-state index in [2.05, 4.69) is 5.10 Å². The van der Waals surface area contributed by atoms with Crippen LogP contribution in [0.2, 0.25) is 0 Å². The van der Waals surface area contributed by atoms with Crippen molar-refractivity contribution < 1.29 is 14.3 Å². The van der Waals surface area contributed by atoms with Gasteiger partial charge in [-0.2, -0.15) is 5.10 Å². The molecule has 1 saturated heterocycles. The summed E-state index contributed by atoms with van der Waals surface area (Å²) in [5.74, 6) is 0.384. The summed E-state index contributed by atoms with van der Waals surface area (Å²) < 4.78 is 7.35. The lowest BCUT2D eigenvalue weighted by Crippen LogP contribution is -2.59. The van der Waals surface area contributed by atoms with Crippen LogP contribution in [0, 0.1) is 12.8 Å². The number of nitrogens with zero attached hydrogens (tertiary/aromatic N) is 4. The van der Waals surface area contributed by atoms with Crippen LogP contribution in [0.3, 0.4) is 0 Å². The molecule has 1 aromatic carbocycles. The van der Waals surface area contributed by atoms with Gasteiger partial charge in [-0.25, -0.2) is 9.48 Å². The van der Waals surface area contributed by atoms with Gasteiger partial charge >= 0.3 is 6.09 Å². The number of rotatable bonds is 5. The minimum atomic E-state index is -0.524. The van der Waals surface area contributed by atoms with Crippen LogP contribution in [0.15, 0.2) is 36.4 Å². The van der Waals surface area contributed by atoms with Crippen LogP contribution in [0.5, 0.6) is 5.88 Å². The predicted molar refractivity (Wildman–Crippen MR) is 115 cm³/mol. The van der Waals surface area contributed by atoms with Crippen LogP contribution in [-0.2, 0) is 4.79 Å². The third-order valence-corrected chi connectivity index (χ3v) is 5.50. The quantitative estimate of drug-likeness (QED) is 0.813. The van der Waals surface area contributed by atoms with Crippen LogP contribution in [-0.4, -0.2) is 63.3 Å². The molecule has 1 fully saturated rings. The minimum absolute atomic E-state index is 0.0609. The molecule has 1 aromatic heterocycles. The molecular formula is C22H31N5O3. The number of ether oxygens (including phenoxy) is 1. The summed E-state index contributed by atoms with van der Waals surface area (Å²) in [6.07, 6.45) is 0.284. The number of amides is 2. The Morgan fingerprint density at radius 1 is 1.23 bits per heavy atom. The van der Waals surface area contributed by atoms with Gasteiger partial charge in [0.25, 0.3) is 0 Å². The molecule has 0 spiro atoms. The number of aromatic nitrogens is 2. The minimum Gasteiger partial charge on any atom is -0.391 e. The van der Waals surface area contributed by atoms with E-state index in [0.29, 0.717) is 31.9 Å². The van der Waals surface area contributed by atoms with Gasteiger partial charge in [-0.3, -0.25) is 4.79 Å². The van der Waals surface area contributed by atoms with Crippen molar-refractivity contribution in [2.75, 3.05) is 19.6 Å². The van der Waals surface area contributed by atoms with Crippen molar-refractivity contribution in [3.05, 3.63) is 42.1 Å². The second-order valence-corrected chi connectivity index (χ2v) is 8.05. The average Bonchev–Trinajstić information content (AvgIpc) is 3.12. The van der Waals surface area contributed by atoms with Crippen LogP contribution in [0.25, 0.3) is 5.69 Å². The second-order valence-electron chi connectivity index (χ2n) is 8.05. The number of carbonyl (C=O) groups excluding carboxylic acids is 2. The molecule has 8 heteroatoms. The Morgan fingerprint density at radius 2 is 1.93 bits per heavy atom. The molecule has 1 aliphatic rings. The first-order valence-electron chi connectivity index (χ1n) is 10.5. The van der Waals surface area contributed by atoms with Crippen LogP contribution in [0.1, 0.15) is 32.9 Å². The maximum Gasteiger partial charge on any atom is 0.416 e. The first-order chi connectivity index (χ1) is 14.3. The molecule has 1 aliphatic heterocycles. The Balaban J connectivity index is 1.72. The lowest BCUT2D eigenvalue weighted by atomic mass is 10.0. The van der Waals surface area contributed by atoms with Crippen molar-refractivity contribution in [1.29, 1.82) is 0 Å². The summed E-state index contributed by atoms with van der Waals surface area (Å²) in [6, 6.07) is 10.6. The van der Waals surface area contributed by atoms with E-state index in [-0.39, 0.29) is 17.9 Å². The van der Waals surface area contributed by atoms with Crippen LogP contribution >= 0.6 is 0 Å². The Kier molecular flexibility index (Phi) is 6.77. The number of piperazine rings is 1. The summed E-state index contributed by atoms with van der Waals surface area (Å²) in [5.41, 5.74) is 7.62. The first-order valence-corrected chi connectivity index (χ1v) is 10.5. The highest BCUT2D eigenvalue weighted by Crippen LogP contribution is 2.22. The normalized spacial score (nSPS) is 17.9. The van der Waals surface area contributed by atoms with Gasteiger partial charge in [0.1, 0.15) is 0 Å². The van der Waals surface area contributed by atoms with Crippen molar-refractivity contribution in [2.45, 2.75) is 46.2 Å². The van der Waals surface area contributed by atoms with E-state index >= 15 is 0 Å². The molecule has 0 bridgehead atoms. The van der Waals surface area contributed by atoms with E-state index in [9.17, 15) is 9.59 Å². The van der Waals surface area contributed by atoms with Gasteiger partial charge in [0, 0.05) is 25.7 Å². The van der Waals surface area contributed by atoms with Gasteiger partial charge in [-0.15, -0.1) is 0 Å². The van der Waals surface area contributed by atoms with Crippen molar-refractivity contribution in [1.82, 2.24) is 19.6 Å². The van der Waals surface area contributed by atoms with E-state index in [1.54, 1.807) is 20.5 Å². The van der Waals surface area contributed by atoms with Gasteiger partial charge in [0.05, 0.1) is 23.5 Å². The smallest absolute Gasteiger partial charge is 0.391 e. The monoisotopic (exact) mass is 413 g/mol. The maximum absolute atomic E-state index is 13.0. The molecule has 0 aliphatic carbocycles. The summed E-state index contributed by atoms with van der Waals surface area (Å²) in [5, 5.41) is 4.44. The molecule has 162 valence electrons. The van der Waals surface area contributed by atoms with Gasteiger partial charge in [0.15, 0.2) is 0 Å². The lowest BCUT2D eigenvalue weighted by molar-refractivity contribution is -0.136. The Hall–Kier alpha value is -2.87. The van der Waals surface area contributed by atoms with Crippen molar-refractivity contribution in [2.24, 2.45) is 11.7 Å². The Labute approximate surface area is 177 Å². The Bertz CT molecular complexity index is 880. The molecule has 3 rings (SSSR count). The van der Waals surface area contributed by atoms with Crippen molar-refractivity contribution in [3.63, 3.8) is 0 Å². The molecule has 2 atom stereocenters. The van der Waals surface area contributed by atoms with Gasteiger partial charge in [0.2, 0.25) is 11.8 Å². The summed E-state index contributed by atoms with van der Waals surface area (Å²) >= 11 is 0. The summed E-state index contributed by atoms with van der Waals surface area (Å²) in [6.45, 7) is 9.04. The predicted octanol–water partition coefficient (Wildman–Crippen LogP) is 2.59.